The highest BCUT2D eigenvalue weighted by atomic mass is 16.6. The summed E-state index contributed by atoms with van der Waals surface area (Å²) in [6, 6.07) is 4.69. The fourth-order valence-electron chi connectivity index (χ4n) is 3.66. The summed E-state index contributed by atoms with van der Waals surface area (Å²) in [4.78, 5) is 20.9. The molecule has 0 bridgehead atoms. The summed E-state index contributed by atoms with van der Waals surface area (Å²) in [5.41, 5.74) is 1.09. The third-order valence-corrected chi connectivity index (χ3v) is 5.01. The number of ether oxygens (including phenoxy) is 2. The van der Waals surface area contributed by atoms with Crippen molar-refractivity contribution in [1.82, 2.24) is 9.88 Å². The van der Waals surface area contributed by atoms with Crippen molar-refractivity contribution in [3.05, 3.63) is 18.3 Å². The van der Waals surface area contributed by atoms with Crippen molar-refractivity contribution in [1.29, 1.82) is 0 Å². The van der Waals surface area contributed by atoms with Gasteiger partial charge in [0, 0.05) is 57.3 Å². The van der Waals surface area contributed by atoms with Crippen LogP contribution in [0.1, 0.15) is 25.7 Å². The minimum absolute atomic E-state index is 0.227. The first-order chi connectivity index (χ1) is 12.3. The van der Waals surface area contributed by atoms with Crippen molar-refractivity contribution in [3.8, 4) is 0 Å². The van der Waals surface area contributed by atoms with Crippen LogP contribution in [-0.2, 0) is 9.47 Å². The Kier molecular flexibility index (Phi) is 6.47. The third-order valence-electron chi connectivity index (χ3n) is 5.01. The molecule has 0 spiro atoms. The summed E-state index contributed by atoms with van der Waals surface area (Å²) in [5, 5.41) is 2.67. The largest absolute Gasteiger partial charge is 0.447 e. The molecule has 0 unspecified atom stereocenters. The van der Waals surface area contributed by atoms with Crippen molar-refractivity contribution < 1.29 is 14.3 Å². The summed E-state index contributed by atoms with van der Waals surface area (Å²) >= 11 is 0. The van der Waals surface area contributed by atoms with Gasteiger partial charge in [0.1, 0.15) is 12.4 Å². The Morgan fingerprint density at radius 2 is 2.00 bits per heavy atom. The van der Waals surface area contributed by atoms with Crippen LogP contribution in [0.25, 0.3) is 0 Å². The van der Waals surface area contributed by atoms with Crippen molar-refractivity contribution in [2.24, 2.45) is 0 Å². The van der Waals surface area contributed by atoms with E-state index in [1.165, 1.54) is 25.7 Å². The molecule has 1 aliphatic heterocycles. The van der Waals surface area contributed by atoms with Gasteiger partial charge in [0.05, 0.1) is 6.61 Å². The van der Waals surface area contributed by atoms with Crippen molar-refractivity contribution in [3.63, 3.8) is 0 Å². The maximum Gasteiger partial charge on any atom is 0.412 e. The summed E-state index contributed by atoms with van der Waals surface area (Å²) in [6.45, 7) is 4.84. The molecule has 2 heterocycles. The number of hydrogen-bond donors (Lipinski definition) is 1. The second-order valence-electron chi connectivity index (χ2n) is 6.61. The predicted octanol–water partition coefficient (Wildman–Crippen LogP) is 2.34. The molecule has 1 saturated heterocycles. The van der Waals surface area contributed by atoms with E-state index in [2.05, 4.69) is 20.1 Å². The quantitative estimate of drug-likeness (QED) is 0.796. The Bertz CT molecular complexity index is 555. The molecule has 7 nitrogen and oxygen atoms in total. The second kappa shape index (κ2) is 9.01. The lowest BCUT2D eigenvalue weighted by Crippen LogP contribution is -2.49. The number of piperazine rings is 1. The van der Waals surface area contributed by atoms with Crippen molar-refractivity contribution >= 4 is 17.6 Å². The lowest BCUT2D eigenvalue weighted by molar-refractivity contribution is 0.107. The molecule has 3 rings (SSSR count). The Hall–Kier alpha value is -1.86. The number of carbonyl (C=O) groups excluding carboxylic acids is 1. The number of aromatic nitrogens is 1. The second-order valence-corrected chi connectivity index (χ2v) is 6.61. The number of hydrogen-bond acceptors (Lipinski definition) is 6. The van der Waals surface area contributed by atoms with Crippen LogP contribution in [0.5, 0.6) is 0 Å². The maximum absolute atomic E-state index is 11.7. The molecule has 1 saturated carbocycles. The first-order valence-electron chi connectivity index (χ1n) is 9.14. The van der Waals surface area contributed by atoms with Gasteiger partial charge in [-0.2, -0.15) is 0 Å². The lowest BCUT2D eigenvalue weighted by atomic mass is 10.1. The van der Waals surface area contributed by atoms with Crippen molar-refractivity contribution in [2.45, 2.75) is 31.7 Å². The summed E-state index contributed by atoms with van der Waals surface area (Å²) in [7, 11) is 1.57. The standard InChI is InChI=1S/C18H28N4O3/c1-24-12-13-25-18(23)20-17-14-16(6-7-19-17)22-10-8-21(9-11-22)15-4-2-3-5-15/h6-7,14-15H,2-5,8-13H2,1H3,(H,19,20,23). The number of methoxy groups -OCH3 is 1. The topological polar surface area (TPSA) is 66.9 Å². The summed E-state index contributed by atoms with van der Waals surface area (Å²) in [5.74, 6) is 0.512. The van der Waals surface area contributed by atoms with Crippen LogP contribution >= 0.6 is 0 Å². The highest BCUT2D eigenvalue weighted by Crippen LogP contribution is 2.26. The normalized spacial score (nSPS) is 19.2. The van der Waals surface area contributed by atoms with E-state index in [0.29, 0.717) is 12.4 Å². The van der Waals surface area contributed by atoms with Crippen LogP contribution < -0.4 is 10.2 Å². The van der Waals surface area contributed by atoms with Gasteiger partial charge in [-0.15, -0.1) is 0 Å². The van der Waals surface area contributed by atoms with Gasteiger partial charge in [0.25, 0.3) is 0 Å². The number of amides is 1. The molecule has 1 aromatic rings. The molecule has 0 aromatic carbocycles. The smallest absolute Gasteiger partial charge is 0.412 e. The van der Waals surface area contributed by atoms with Crippen LogP contribution in [0.15, 0.2) is 18.3 Å². The van der Waals surface area contributed by atoms with Gasteiger partial charge in [0.2, 0.25) is 0 Å². The number of anilines is 2. The Morgan fingerprint density at radius 3 is 2.72 bits per heavy atom. The van der Waals surface area contributed by atoms with Gasteiger partial charge in [0.15, 0.2) is 0 Å². The number of carbonyl (C=O) groups is 1. The lowest BCUT2D eigenvalue weighted by Gasteiger charge is -2.39. The zero-order valence-corrected chi connectivity index (χ0v) is 14.9. The van der Waals surface area contributed by atoms with Gasteiger partial charge >= 0.3 is 6.09 Å². The van der Waals surface area contributed by atoms with Gasteiger partial charge in [-0.05, 0) is 18.9 Å². The number of pyridine rings is 1. The molecule has 7 heteroatoms. The minimum atomic E-state index is -0.507. The molecule has 0 radical (unpaired) electrons. The Morgan fingerprint density at radius 1 is 1.24 bits per heavy atom. The zero-order valence-electron chi connectivity index (χ0n) is 14.9. The molecule has 138 valence electrons. The SMILES string of the molecule is COCCOC(=O)Nc1cc(N2CCN(C3CCCC3)CC2)ccn1. The first kappa shape index (κ1) is 17.9. The molecule has 1 N–H and O–H groups in total. The van der Waals surface area contributed by atoms with Crippen LogP contribution in [0.3, 0.4) is 0 Å². The van der Waals surface area contributed by atoms with E-state index in [4.69, 9.17) is 9.47 Å². The monoisotopic (exact) mass is 348 g/mol. The fourth-order valence-corrected chi connectivity index (χ4v) is 3.66. The Labute approximate surface area is 149 Å². The summed E-state index contributed by atoms with van der Waals surface area (Å²) in [6.07, 6.45) is 6.69. The van der Waals surface area contributed by atoms with Crippen LogP contribution in [0.2, 0.25) is 0 Å². The average molecular weight is 348 g/mol. The molecule has 0 atom stereocenters. The number of nitrogens with zero attached hydrogens (tertiary/aromatic N) is 3. The number of nitrogens with one attached hydrogen (secondary N) is 1. The highest BCUT2D eigenvalue weighted by Gasteiger charge is 2.26. The molecular formula is C18H28N4O3. The minimum Gasteiger partial charge on any atom is -0.447 e. The van der Waals surface area contributed by atoms with Crippen LogP contribution in [-0.4, -0.2) is 68.5 Å². The third kappa shape index (κ3) is 5.06. The van der Waals surface area contributed by atoms with E-state index < -0.39 is 6.09 Å². The average Bonchev–Trinajstić information content (AvgIpc) is 3.17. The van der Waals surface area contributed by atoms with Gasteiger partial charge in [-0.3, -0.25) is 10.2 Å². The number of rotatable bonds is 6. The van der Waals surface area contributed by atoms with Gasteiger partial charge in [-0.25, -0.2) is 9.78 Å². The molecule has 2 aliphatic rings. The molecule has 1 aromatic heterocycles. The maximum atomic E-state index is 11.7. The highest BCUT2D eigenvalue weighted by molar-refractivity contribution is 5.83. The van der Waals surface area contributed by atoms with E-state index >= 15 is 0 Å². The van der Waals surface area contributed by atoms with Crippen molar-refractivity contribution in [2.75, 3.05) is 56.7 Å². The van der Waals surface area contributed by atoms with Crippen LogP contribution in [0, 0.1) is 0 Å². The zero-order chi connectivity index (χ0) is 17.5. The first-order valence-corrected chi connectivity index (χ1v) is 9.14. The molecular weight excluding hydrogens is 320 g/mol. The van der Waals surface area contributed by atoms with E-state index in [-0.39, 0.29) is 6.61 Å². The summed E-state index contributed by atoms with van der Waals surface area (Å²) < 4.78 is 9.86. The van der Waals surface area contributed by atoms with E-state index in [9.17, 15) is 4.79 Å². The van der Waals surface area contributed by atoms with E-state index in [1.807, 2.05) is 12.1 Å². The fraction of sp³-hybridized carbons (Fsp3) is 0.667. The predicted molar refractivity (Wildman–Crippen MR) is 97.1 cm³/mol. The van der Waals surface area contributed by atoms with Gasteiger partial charge in [-0.1, -0.05) is 12.8 Å². The van der Waals surface area contributed by atoms with Crippen LogP contribution in [0.4, 0.5) is 16.3 Å². The van der Waals surface area contributed by atoms with E-state index in [0.717, 1.165) is 37.9 Å². The van der Waals surface area contributed by atoms with Gasteiger partial charge < -0.3 is 14.4 Å². The molecule has 2 fully saturated rings. The Balaban J connectivity index is 1.50. The molecule has 25 heavy (non-hydrogen) atoms. The molecule has 1 aliphatic carbocycles. The molecule has 1 amide bonds. The van der Waals surface area contributed by atoms with E-state index in [1.54, 1.807) is 13.3 Å².